The van der Waals surface area contributed by atoms with Gasteiger partial charge in [-0.15, -0.1) is 0 Å². The highest BCUT2D eigenvalue weighted by Crippen LogP contribution is 2.31. The van der Waals surface area contributed by atoms with Crippen LogP contribution in [0.15, 0.2) is 41.3 Å². The number of amides is 1. The lowest BCUT2D eigenvalue weighted by Crippen LogP contribution is -2.43. The third-order valence-electron chi connectivity index (χ3n) is 5.02. The van der Waals surface area contributed by atoms with Crippen molar-refractivity contribution in [3.8, 4) is 5.75 Å². The van der Waals surface area contributed by atoms with Gasteiger partial charge >= 0.3 is 6.61 Å². The Morgan fingerprint density at radius 2 is 1.73 bits per heavy atom. The van der Waals surface area contributed by atoms with Gasteiger partial charge in [0, 0.05) is 12.2 Å². The molecule has 1 amide bonds. The number of alkyl halides is 2. The lowest BCUT2D eigenvalue weighted by Gasteiger charge is -2.25. The van der Waals surface area contributed by atoms with Crippen molar-refractivity contribution in [3.05, 3.63) is 53.1 Å². The van der Waals surface area contributed by atoms with Crippen molar-refractivity contribution in [1.82, 2.24) is 4.31 Å². The lowest BCUT2D eigenvalue weighted by atomic mass is 10.1. The van der Waals surface area contributed by atoms with Crippen molar-refractivity contribution in [2.75, 3.05) is 11.9 Å². The molecule has 1 heterocycles. The molecular formula is C21H24F2N2O4S. The molecule has 0 aromatic heterocycles. The number of anilines is 1. The van der Waals surface area contributed by atoms with Gasteiger partial charge < -0.3 is 10.1 Å². The molecule has 1 N–H and O–H groups in total. The normalized spacial score (nSPS) is 17.3. The zero-order chi connectivity index (χ0) is 22.1. The second-order valence-electron chi connectivity index (χ2n) is 7.39. The summed E-state index contributed by atoms with van der Waals surface area (Å²) in [5, 5.41) is 2.67. The number of benzene rings is 2. The Morgan fingerprint density at radius 1 is 1.13 bits per heavy atom. The average Bonchev–Trinajstić information content (AvgIpc) is 3.12. The molecule has 1 unspecified atom stereocenters. The predicted octanol–water partition coefficient (Wildman–Crippen LogP) is 4.01. The first-order chi connectivity index (χ1) is 14.1. The summed E-state index contributed by atoms with van der Waals surface area (Å²) in [5.74, 6) is -0.487. The molecule has 2 aromatic rings. The molecule has 30 heavy (non-hydrogen) atoms. The van der Waals surface area contributed by atoms with Crippen LogP contribution < -0.4 is 10.1 Å². The van der Waals surface area contributed by atoms with Gasteiger partial charge in [0.15, 0.2) is 0 Å². The zero-order valence-corrected chi connectivity index (χ0v) is 17.8. The van der Waals surface area contributed by atoms with E-state index in [9.17, 15) is 22.0 Å². The van der Waals surface area contributed by atoms with Gasteiger partial charge in [0.1, 0.15) is 11.8 Å². The number of nitrogens with zero attached hydrogens (tertiary/aromatic N) is 1. The molecule has 9 heteroatoms. The first-order valence-corrected chi connectivity index (χ1v) is 11.0. The van der Waals surface area contributed by atoms with E-state index in [1.807, 2.05) is 19.1 Å². The lowest BCUT2D eigenvalue weighted by molar-refractivity contribution is -0.119. The van der Waals surface area contributed by atoms with Gasteiger partial charge in [0.2, 0.25) is 15.9 Å². The Balaban J connectivity index is 1.80. The monoisotopic (exact) mass is 438 g/mol. The summed E-state index contributed by atoms with van der Waals surface area (Å²) in [6.07, 6.45) is 0.976. The van der Waals surface area contributed by atoms with Crippen LogP contribution in [-0.4, -0.2) is 37.8 Å². The van der Waals surface area contributed by atoms with E-state index in [1.54, 1.807) is 13.8 Å². The minimum Gasteiger partial charge on any atom is -0.435 e. The third kappa shape index (κ3) is 4.62. The molecule has 1 fully saturated rings. The molecular weight excluding hydrogens is 414 g/mol. The number of hydrogen-bond donors (Lipinski definition) is 1. The van der Waals surface area contributed by atoms with E-state index >= 15 is 0 Å². The molecule has 0 saturated carbocycles. The quantitative estimate of drug-likeness (QED) is 0.740. The third-order valence-corrected chi connectivity index (χ3v) is 7.24. The highest BCUT2D eigenvalue weighted by Gasteiger charge is 2.40. The van der Waals surface area contributed by atoms with E-state index < -0.39 is 28.6 Å². The fourth-order valence-electron chi connectivity index (χ4n) is 3.93. The maximum Gasteiger partial charge on any atom is 0.387 e. The Kier molecular flexibility index (Phi) is 6.42. The SMILES string of the molecule is Cc1cc(C)c(S(=O)(=O)N2CCCC2C(=O)Nc2ccc(OC(F)F)cc2)c(C)c1. The minimum atomic E-state index is -3.85. The minimum absolute atomic E-state index is 0.0293. The molecule has 0 aliphatic carbocycles. The Labute approximate surface area is 174 Å². The van der Waals surface area contributed by atoms with E-state index in [0.717, 1.165) is 5.56 Å². The number of rotatable bonds is 6. The molecule has 0 radical (unpaired) electrons. The van der Waals surface area contributed by atoms with E-state index in [0.29, 0.717) is 29.7 Å². The highest BCUT2D eigenvalue weighted by atomic mass is 32.2. The molecule has 1 atom stereocenters. The molecule has 162 valence electrons. The van der Waals surface area contributed by atoms with Gasteiger partial charge in [-0.25, -0.2) is 8.42 Å². The number of carbonyl (C=O) groups excluding carboxylic acids is 1. The molecule has 0 bridgehead atoms. The van der Waals surface area contributed by atoms with Crippen LogP contribution in [0.4, 0.5) is 14.5 Å². The highest BCUT2D eigenvalue weighted by molar-refractivity contribution is 7.89. The van der Waals surface area contributed by atoms with Crippen LogP contribution in [0.3, 0.4) is 0 Å². The Bertz CT molecular complexity index is 1020. The van der Waals surface area contributed by atoms with Crippen molar-refractivity contribution in [2.24, 2.45) is 0 Å². The van der Waals surface area contributed by atoms with Crippen LogP contribution in [-0.2, 0) is 14.8 Å². The maximum atomic E-state index is 13.4. The van der Waals surface area contributed by atoms with Gasteiger partial charge in [0.25, 0.3) is 0 Å². The maximum absolute atomic E-state index is 13.4. The molecule has 0 spiro atoms. The van der Waals surface area contributed by atoms with Crippen molar-refractivity contribution in [1.29, 1.82) is 0 Å². The van der Waals surface area contributed by atoms with Crippen LogP contribution in [0.2, 0.25) is 0 Å². The molecule has 6 nitrogen and oxygen atoms in total. The predicted molar refractivity (Wildman–Crippen MR) is 109 cm³/mol. The number of carbonyl (C=O) groups is 1. The number of aryl methyl sites for hydroxylation is 3. The Hall–Kier alpha value is -2.52. The van der Waals surface area contributed by atoms with Crippen molar-refractivity contribution in [2.45, 2.75) is 51.2 Å². The van der Waals surface area contributed by atoms with Crippen LogP contribution >= 0.6 is 0 Å². The fourth-order valence-corrected chi connectivity index (χ4v) is 6.00. The van der Waals surface area contributed by atoms with Crippen LogP contribution in [0.5, 0.6) is 5.75 Å². The number of halogens is 2. The molecule has 1 saturated heterocycles. The van der Waals surface area contributed by atoms with Gasteiger partial charge in [-0.3, -0.25) is 4.79 Å². The smallest absolute Gasteiger partial charge is 0.387 e. The topological polar surface area (TPSA) is 75.7 Å². The summed E-state index contributed by atoms with van der Waals surface area (Å²) in [6.45, 7) is 2.73. The molecule has 1 aliphatic heterocycles. The van der Waals surface area contributed by atoms with Crippen LogP contribution in [0.1, 0.15) is 29.5 Å². The largest absolute Gasteiger partial charge is 0.435 e. The Morgan fingerprint density at radius 3 is 2.30 bits per heavy atom. The van der Waals surface area contributed by atoms with E-state index in [1.165, 1.54) is 28.6 Å². The molecule has 1 aliphatic rings. The summed E-state index contributed by atoms with van der Waals surface area (Å²) >= 11 is 0. The second kappa shape index (κ2) is 8.69. The van der Waals surface area contributed by atoms with Gasteiger partial charge in [-0.05, 0) is 69.0 Å². The molecule has 3 rings (SSSR count). The summed E-state index contributed by atoms with van der Waals surface area (Å²) in [4.78, 5) is 13.1. The van der Waals surface area contributed by atoms with Crippen LogP contribution in [0.25, 0.3) is 0 Å². The summed E-state index contributed by atoms with van der Waals surface area (Å²) in [5.41, 5.74) is 2.63. The molecule has 2 aromatic carbocycles. The summed E-state index contributed by atoms with van der Waals surface area (Å²) < 4.78 is 56.8. The standard InChI is InChI=1S/C21H24F2N2O4S/c1-13-11-14(2)19(15(3)12-13)30(27,28)25-10-4-5-18(25)20(26)24-16-6-8-17(9-7-16)29-21(22)23/h6-9,11-12,18,21H,4-5,10H2,1-3H3,(H,24,26). The average molecular weight is 438 g/mol. The van der Waals surface area contributed by atoms with Crippen molar-refractivity contribution < 1.29 is 26.7 Å². The zero-order valence-electron chi connectivity index (χ0n) is 17.0. The second-order valence-corrected chi connectivity index (χ2v) is 9.22. The first-order valence-electron chi connectivity index (χ1n) is 9.55. The van der Waals surface area contributed by atoms with Crippen molar-refractivity contribution >= 4 is 21.6 Å². The van der Waals surface area contributed by atoms with Crippen LogP contribution in [0, 0.1) is 20.8 Å². The number of ether oxygens (including phenoxy) is 1. The van der Waals surface area contributed by atoms with Gasteiger partial charge in [-0.2, -0.15) is 13.1 Å². The number of hydrogen-bond acceptors (Lipinski definition) is 4. The summed E-state index contributed by atoms with van der Waals surface area (Å²) in [7, 11) is -3.85. The number of nitrogens with one attached hydrogen (secondary N) is 1. The van der Waals surface area contributed by atoms with Gasteiger partial charge in [-0.1, -0.05) is 17.7 Å². The van der Waals surface area contributed by atoms with Crippen molar-refractivity contribution in [3.63, 3.8) is 0 Å². The van der Waals surface area contributed by atoms with E-state index in [-0.39, 0.29) is 17.2 Å². The van der Waals surface area contributed by atoms with E-state index in [4.69, 9.17) is 0 Å². The van der Waals surface area contributed by atoms with E-state index in [2.05, 4.69) is 10.1 Å². The fraction of sp³-hybridized carbons (Fsp3) is 0.381. The summed E-state index contributed by atoms with van der Waals surface area (Å²) in [6, 6.07) is 8.26. The number of sulfonamides is 1. The van der Waals surface area contributed by atoms with Gasteiger partial charge in [0.05, 0.1) is 4.90 Å². The first kappa shape index (κ1) is 22.2.